The Morgan fingerprint density at radius 1 is 0.312 bits per heavy atom. The monoisotopic (exact) mass is 658 g/mol. The van der Waals surface area contributed by atoms with Gasteiger partial charge in [-0.15, -0.1) is 0 Å². The van der Waals surface area contributed by atoms with Gasteiger partial charge in [0.1, 0.15) is 5.75 Å². The summed E-state index contributed by atoms with van der Waals surface area (Å²) in [5.74, 6) is 4.17. The Balaban J connectivity index is 1.91. The van der Waals surface area contributed by atoms with Crippen molar-refractivity contribution in [2.24, 2.45) is 0 Å². The third-order valence-corrected chi connectivity index (χ3v) is 9.07. The molecule has 0 saturated carbocycles. The number of hydrogen-bond acceptors (Lipinski definition) is 5. The predicted octanol–water partition coefficient (Wildman–Crippen LogP) is 13.0. The molecule has 264 valence electrons. The van der Waals surface area contributed by atoms with Crippen LogP contribution in [0.15, 0.2) is 42.5 Å². The first kappa shape index (κ1) is 37.5. The molecule has 0 heterocycles. The van der Waals surface area contributed by atoms with Crippen molar-refractivity contribution in [2.75, 3.05) is 33.0 Å². The van der Waals surface area contributed by atoms with Crippen molar-refractivity contribution in [3.8, 4) is 28.7 Å². The average molecular weight is 659 g/mol. The Labute approximate surface area is 290 Å². The van der Waals surface area contributed by atoms with Gasteiger partial charge in [-0.25, -0.2) is 0 Å². The lowest BCUT2D eigenvalue weighted by molar-refractivity contribution is 0.260. The van der Waals surface area contributed by atoms with Crippen molar-refractivity contribution in [1.82, 2.24) is 0 Å². The van der Waals surface area contributed by atoms with E-state index in [0.717, 1.165) is 146 Å². The Morgan fingerprint density at radius 3 is 0.938 bits per heavy atom. The van der Waals surface area contributed by atoms with Crippen LogP contribution in [0.4, 0.5) is 0 Å². The second-order valence-electron chi connectivity index (χ2n) is 13.2. The van der Waals surface area contributed by atoms with Gasteiger partial charge in [-0.1, -0.05) is 105 Å². The molecule has 5 heteroatoms. The van der Waals surface area contributed by atoms with E-state index in [1.54, 1.807) is 0 Å². The molecule has 0 N–H and O–H groups in total. The first-order valence-electron chi connectivity index (χ1n) is 19.3. The van der Waals surface area contributed by atoms with Gasteiger partial charge in [-0.05, 0) is 101 Å². The molecule has 0 atom stereocenters. The normalized spacial score (nSPS) is 11.4. The molecule has 0 spiro atoms. The van der Waals surface area contributed by atoms with Crippen LogP contribution in [0.3, 0.4) is 0 Å². The number of fused-ring (bicyclic) bond motifs is 6. The SMILES string of the molecule is CCCCCOc1ccc2c(c1)c1cc(OCCCCC)c(OCCCCC)cc1c1cc(OCCCCC)c(OCCCCC)cc21. The summed E-state index contributed by atoms with van der Waals surface area (Å²) in [7, 11) is 0. The summed E-state index contributed by atoms with van der Waals surface area (Å²) in [6.45, 7) is 14.5. The van der Waals surface area contributed by atoms with Gasteiger partial charge < -0.3 is 23.7 Å². The summed E-state index contributed by atoms with van der Waals surface area (Å²) in [6.07, 6.45) is 16.7. The lowest BCUT2D eigenvalue weighted by Crippen LogP contribution is -2.04. The number of hydrogen-bond donors (Lipinski definition) is 0. The van der Waals surface area contributed by atoms with Gasteiger partial charge in [-0.3, -0.25) is 0 Å². The zero-order chi connectivity index (χ0) is 34.0. The van der Waals surface area contributed by atoms with E-state index in [2.05, 4.69) is 77.1 Å². The molecule has 4 aromatic rings. The number of ether oxygens (including phenoxy) is 5. The lowest BCUT2D eigenvalue weighted by Gasteiger charge is -2.19. The van der Waals surface area contributed by atoms with Crippen molar-refractivity contribution in [1.29, 1.82) is 0 Å². The van der Waals surface area contributed by atoms with Gasteiger partial charge >= 0.3 is 0 Å². The van der Waals surface area contributed by atoms with Crippen LogP contribution in [0.2, 0.25) is 0 Å². The molecule has 0 amide bonds. The number of unbranched alkanes of at least 4 members (excludes halogenated alkanes) is 10. The molecule has 4 rings (SSSR count). The maximum atomic E-state index is 6.48. The van der Waals surface area contributed by atoms with Gasteiger partial charge in [0.2, 0.25) is 0 Å². The third kappa shape index (κ3) is 10.6. The molecule has 0 aliphatic rings. The van der Waals surface area contributed by atoms with Crippen molar-refractivity contribution in [2.45, 2.75) is 131 Å². The van der Waals surface area contributed by atoms with Gasteiger partial charge in [0, 0.05) is 0 Å². The highest BCUT2D eigenvalue weighted by atomic mass is 16.5. The zero-order valence-corrected chi connectivity index (χ0v) is 30.7. The zero-order valence-electron chi connectivity index (χ0n) is 30.7. The highest BCUT2D eigenvalue weighted by Crippen LogP contribution is 2.45. The van der Waals surface area contributed by atoms with E-state index < -0.39 is 0 Å². The number of rotatable bonds is 25. The Bertz CT molecular complexity index is 1480. The quantitative estimate of drug-likeness (QED) is 0.0524. The van der Waals surface area contributed by atoms with Crippen LogP contribution in [0.5, 0.6) is 28.7 Å². The van der Waals surface area contributed by atoms with E-state index in [1.807, 2.05) is 0 Å². The lowest BCUT2D eigenvalue weighted by atomic mass is 9.93. The average Bonchev–Trinajstić information content (AvgIpc) is 3.11. The summed E-state index contributed by atoms with van der Waals surface area (Å²) in [5, 5.41) is 6.86. The molecular weight excluding hydrogens is 596 g/mol. The molecule has 0 bridgehead atoms. The molecule has 4 aromatic carbocycles. The fourth-order valence-corrected chi connectivity index (χ4v) is 6.21. The minimum Gasteiger partial charge on any atom is -0.494 e. The van der Waals surface area contributed by atoms with Crippen LogP contribution in [0.25, 0.3) is 32.3 Å². The smallest absolute Gasteiger partial charge is 0.161 e. The first-order valence-corrected chi connectivity index (χ1v) is 19.3. The summed E-state index contributed by atoms with van der Waals surface area (Å²) in [6, 6.07) is 15.4. The fourth-order valence-electron chi connectivity index (χ4n) is 6.21. The van der Waals surface area contributed by atoms with Gasteiger partial charge in [0.25, 0.3) is 0 Å². The van der Waals surface area contributed by atoms with E-state index in [-0.39, 0.29) is 0 Å². The molecule has 0 radical (unpaired) electrons. The Kier molecular flexibility index (Phi) is 16.3. The van der Waals surface area contributed by atoms with Crippen LogP contribution < -0.4 is 23.7 Å². The predicted molar refractivity (Wildman–Crippen MR) is 204 cm³/mol. The van der Waals surface area contributed by atoms with Crippen LogP contribution >= 0.6 is 0 Å². The van der Waals surface area contributed by atoms with Crippen LogP contribution in [-0.2, 0) is 0 Å². The Morgan fingerprint density at radius 2 is 0.604 bits per heavy atom. The van der Waals surface area contributed by atoms with E-state index in [0.29, 0.717) is 26.4 Å². The maximum absolute atomic E-state index is 6.48. The number of benzene rings is 4. The van der Waals surface area contributed by atoms with Crippen LogP contribution in [-0.4, -0.2) is 33.0 Å². The van der Waals surface area contributed by atoms with Gasteiger partial charge in [-0.2, -0.15) is 0 Å². The van der Waals surface area contributed by atoms with Crippen molar-refractivity contribution >= 4 is 32.3 Å². The minimum absolute atomic E-state index is 0.674. The molecular formula is C43H62O5. The minimum atomic E-state index is 0.674. The molecule has 48 heavy (non-hydrogen) atoms. The molecule has 0 unspecified atom stereocenters. The Hall–Kier alpha value is -3.34. The molecule has 0 aromatic heterocycles. The van der Waals surface area contributed by atoms with Crippen LogP contribution in [0.1, 0.15) is 131 Å². The summed E-state index contributed by atoms with van der Waals surface area (Å²) in [5.41, 5.74) is 0. The molecule has 0 saturated heterocycles. The standard InChI is InChI=1S/C43H62O5/c1-6-11-16-23-44-33-21-22-34-35(28-33)37-30-41(46-25-18-13-8-3)43(48-27-20-15-10-5)32-39(37)38-31-42(47-26-19-14-9-4)40(29-36(34)38)45-24-17-12-7-2/h21-22,28-32H,6-20,23-27H2,1-5H3. The largest absolute Gasteiger partial charge is 0.494 e. The highest BCUT2D eigenvalue weighted by Gasteiger charge is 2.18. The molecule has 0 fully saturated rings. The highest BCUT2D eigenvalue weighted by molar-refractivity contribution is 6.26. The van der Waals surface area contributed by atoms with Crippen molar-refractivity contribution in [3.05, 3.63) is 42.5 Å². The molecule has 0 aliphatic carbocycles. The topological polar surface area (TPSA) is 46.2 Å². The maximum Gasteiger partial charge on any atom is 0.161 e. The third-order valence-electron chi connectivity index (χ3n) is 9.07. The van der Waals surface area contributed by atoms with E-state index >= 15 is 0 Å². The van der Waals surface area contributed by atoms with Gasteiger partial charge in [0.15, 0.2) is 23.0 Å². The van der Waals surface area contributed by atoms with Crippen molar-refractivity contribution in [3.63, 3.8) is 0 Å². The van der Waals surface area contributed by atoms with E-state index in [1.165, 1.54) is 18.2 Å². The summed E-state index contributed by atoms with van der Waals surface area (Å²) < 4.78 is 32.2. The molecule has 5 nitrogen and oxygen atoms in total. The van der Waals surface area contributed by atoms with E-state index in [4.69, 9.17) is 23.7 Å². The second-order valence-corrected chi connectivity index (χ2v) is 13.2. The summed E-state index contributed by atoms with van der Waals surface area (Å²) >= 11 is 0. The second kappa shape index (κ2) is 20.9. The molecule has 0 aliphatic heterocycles. The van der Waals surface area contributed by atoms with Crippen molar-refractivity contribution < 1.29 is 23.7 Å². The first-order chi connectivity index (χ1) is 23.6. The van der Waals surface area contributed by atoms with Crippen LogP contribution in [0, 0.1) is 0 Å². The summed E-state index contributed by atoms with van der Waals surface area (Å²) in [4.78, 5) is 0. The fraction of sp³-hybridized carbons (Fsp3) is 0.581. The van der Waals surface area contributed by atoms with E-state index in [9.17, 15) is 0 Å². The van der Waals surface area contributed by atoms with Gasteiger partial charge in [0.05, 0.1) is 33.0 Å².